The van der Waals surface area contributed by atoms with Crippen molar-refractivity contribution in [1.82, 2.24) is 9.55 Å². The van der Waals surface area contributed by atoms with Crippen molar-refractivity contribution in [3.63, 3.8) is 0 Å². The number of rotatable bonds is 5. The molecule has 98 valence electrons. The molecule has 1 heterocycles. The van der Waals surface area contributed by atoms with Crippen molar-refractivity contribution in [3.8, 4) is 0 Å². The fourth-order valence-electron chi connectivity index (χ4n) is 2.01. The van der Waals surface area contributed by atoms with Gasteiger partial charge in [-0.3, -0.25) is 0 Å². The van der Waals surface area contributed by atoms with Crippen LogP contribution >= 0.6 is 34.2 Å². The molecule has 1 aromatic heterocycles. The van der Waals surface area contributed by atoms with Gasteiger partial charge in [-0.2, -0.15) is 0 Å². The Morgan fingerprint density at radius 2 is 2.22 bits per heavy atom. The Kier molecular flexibility index (Phi) is 4.84. The van der Waals surface area contributed by atoms with Gasteiger partial charge in [-0.15, -0.1) is 11.6 Å². The zero-order valence-corrected chi connectivity index (χ0v) is 13.1. The standard InChI is InChI=1S/C13H15ClFIN2/c1-2-3-6-18-12-7-9(15)10(16)8-11(12)17-13(18)4-5-14/h7-8H,2-6H2,1H3. The molecule has 0 spiro atoms. The van der Waals surface area contributed by atoms with Crippen LogP contribution in [0.4, 0.5) is 4.39 Å². The second-order valence-electron chi connectivity index (χ2n) is 4.23. The number of alkyl halides is 1. The molecule has 0 saturated carbocycles. The number of fused-ring (bicyclic) bond motifs is 1. The van der Waals surface area contributed by atoms with E-state index in [9.17, 15) is 4.39 Å². The number of hydrogen-bond acceptors (Lipinski definition) is 1. The van der Waals surface area contributed by atoms with Gasteiger partial charge in [0.2, 0.25) is 0 Å². The molecule has 0 N–H and O–H groups in total. The first-order valence-electron chi connectivity index (χ1n) is 6.07. The summed E-state index contributed by atoms with van der Waals surface area (Å²) in [6.45, 7) is 3.02. The maximum absolute atomic E-state index is 13.7. The summed E-state index contributed by atoms with van der Waals surface area (Å²) >= 11 is 7.80. The quantitative estimate of drug-likeness (QED) is 0.557. The number of halogens is 3. The Labute approximate surface area is 125 Å². The highest BCUT2D eigenvalue weighted by Crippen LogP contribution is 2.23. The van der Waals surface area contributed by atoms with Crippen molar-refractivity contribution in [3.05, 3.63) is 27.3 Å². The van der Waals surface area contributed by atoms with E-state index in [4.69, 9.17) is 11.6 Å². The molecule has 0 amide bonds. The van der Waals surface area contributed by atoms with Crippen molar-refractivity contribution >= 4 is 45.2 Å². The van der Waals surface area contributed by atoms with E-state index in [2.05, 4.69) is 16.5 Å². The van der Waals surface area contributed by atoms with Gasteiger partial charge in [0.25, 0.3) is 0 Å². The third-order valence-corrected chi connectivity index (χ3v) is 3.94. The van der Waals surface area contributed by atoms with Gasteiger partial charge in [0.15, 0.2) is 0 Å². The average molecular weight is 381 g/mol. The zero-order valence-electron chi connectivity index (χ0n) is 10.2. The van der Waals surface area contributed by atoms with E-state index >= 15 is 0 Å². The lowest BCUT2D eigenvalue weighted by Gasteiger charge is -2.07. The van der Waals surface area contributed by atoms with Crippen LogP contribution in [0.1, 0.15) is 25.6 Å². The summed E-state index contributed by atoms with van der Waals surface area (Å²) in [5.74, 6) is 1.31. The Balaban J connectivity index is 2.53. The highest BCUT2D eigenvalue weighted by Gasteiger charge is 2.12. The summed E-state index contributed by atoms with van der Waals surface area (Å²) in [7, 11) is 0. The largest absolute Gasteiger partial charge is 0.328 e. The summed E-state index contributed by atoms with van der Waals surface area (Å²) < 4.78 is 16.4. The Hall–Kier alpha value is -0.360. The predicted octanol–water partition coefficient (Wildman–Crippen LogP) is 4.36. The molecule has 1 aromatic carbocycles. The maximum atomic E-state index is 13.7. The van der Waals surface area contributed by atoms with Gasteiger partial charge < -0.3 is 4.57 Å². The fraction of sp³-hybridized carbons (Fsp3) is 0.462. The van der Waals surface area contributed by atoms with Gasteiger partial charge in [-0.1, -0.05) is 13.3 Å². The molecule has 0 bridgehead atoms. The van der Waals surface area contributed by atoms with Crippen LogP contribution in [0.3, 0.4) is 0 Å². The smallest absolute Gasteiger partial charge is 0.138 e. The summed E-state index contributed by atoms with van der Waals surface area (Å²) in [6, 6.07) is 3.38. The van der Waals surface area contributed by atoms with Crippen LogP contribution in [-0.4, -0.2) is 15.4 Å². The lowest BCUT2D eigenvalue weighted by Crippen LogP contribution is -2.04. The Bertz CT molecular complexity index is 553. The first-order valence-corrected chi connectivity index (χ1v) is 7.68. The first kappa shape index (κ1) is 14.1. The molecule has 18 heavy (non-hydrogen) atoms. The lowest BCUT2D eigenvalue weighted by molar-refractivity contribution is 0.609. The highest BCUT2D eigenvalue weighted by molar-refractivity contribution is 14.1. The van der Waals surface area contributed by atoms with Crippen LogP contribution in [-0.2, 0) is 13.0 Å². The molecule has 0 aliphatic rings. The maximum Gasteiger partial charge on any atom is 0.138 e. The molecule has 0 fully saturated rings. The number of nitrogens with zero attached hydrogens (tertiary/aromatic N) is 2. The molecule has 2 aromatic rings. The van der Waals surface area contributed by atoms with E-state index in [1.54, 1.807) is 12.1 Å². The highest BCUT2D eigenvalue weighted by atomic mass is 127. The molecule has 0 unspecified atom stereocenters. The van der Waals surface area contributed by atoms with Crippen molar-refractivity contribution in [1.29, 1.82) is 0 Å². The summed E-state index contributed by atoms with van der Waals surface area (Å²) in [4.78, 5) is 4.56. The van der Waals surface area contributed by atoms with Crippen molar-refractivity contribution in [2.24, 2.45) is 0 Å². The molecule has 0 aliphatic heterocycles. The minimum Gasteiger partial charge on any atom is -0.328 e. The van der Waals surface area contributed by atoms with Gasteiger partial charge >= 0.3 is 0 Å². The van der Waals surface area contributed by atoms with E-state index in [0.717, 1.165) is 42.7 Å². The second-order valence-corrected chi connectivity index (χ2v) is 5.77. The number of hydrogen-bond donors (Lipinski definition) is 0. The minimum absolute atomic E-state index is 0.182. The van der Waals surface area contributed by atoms with Gasteiger partial charge in [-0.25, -0.2) is 9.37 Å². The molecule has 2 nitrogen and oxygen atoms in total. The molecule has 0 saturated heterocycles. The van der Waals surface area contributed by atoms with E-state index in [1.165, 1.54) is 0 Å². The third kappa shape index (κ3) is 2.79. The van der Waals surface area contributed by atoms with Crippen LogP contribution < -0.4 is 0 Å². The topological polar surface area (TPSA) is 17.8 Å². The van der Waals surface area contributed by atoms with Crippen LogP contribution in [0.2, 0.25) is 0 Å². The number of aromatic nitrogens is 2. The Morgan fingerprint density at radius 1 is 1.44 bits per heavy atom. The summed E-state index contributed by atoms with van der Waals surface area (Å²) in [6.07, 6.45) is 2.89. The Morgan fingerprint density at radius 3 is 2.89 bits per heavy atom. The number of aryl methyl sites for hydroxylation is 2. The third-order valence-electron chi connectivity index (χ3n) is 2.92. The molecule has 5 heteroatoms. The SMILES string of the molecule is CCCCn1c(CCCl)nc2cc(I)c(F)cc21. The van der Waals surface area contributed by atoms with Crippen LogP contribution in [0.25, 0.3) is 11.0 Å². The molecular formula is C13H15ClFIN2. The van der Waals surface area contributed by atoms with Gasteiger partial charge in [0, 0.05) is 24.9 Å². The van der Waals surface area contributed by atoms with Crippen LogP contribution in [0.5, 0.6) is 0 Å². The number of imidazole rings is 1. The second kappa shape index (κ2) is 6.19. The van der Waals surface area contributed by atoms with Crippen molar-refractivity contribution in [2.75, 3.05) is 5.88 Å². The van der Waals surface area contributed by atoms with E-state index < -0.39 is 0 Å². The normalized spacial score (nSPS) is 11.3. The van der Waals surface area contributed by atoms with E-state index in [0.29, 0.717) is 9.45 Å². The molecule has 0 radical (unpaired) electrons. The molecular weight excluding hydrogens is 366 g/mol. The van der Waals surface area contributed by atoms with Crippen LogP contribution in [0.15, 0.2) is 12.1 Å². The van der Waals surface area contributed by atoms with Crippen LogP contribution in [0, 0.1) is 9.39 Å². The fourth-order valence-corrected chi connectivity index (χ4v) is 2.63. The van der Waals surface area contributed by atoms with Gasteiger partial charge in [0.1, 0.15) is 11.6 Å². The predicted molar refractivity (Wildman–Crippen MR) is 81.7 cm³/mol. The van der Waals surface area contributed by atoms with E-state index in [1.807, 2.05) is 22.6 Å². The number of benzene rings is 1. The summed E-state index contributed by atoms with van der Waals surface area (Å²) in [5.41, 5.74) is 1.73. The first-order chi connectivity index (χ1) is 8.67. The number of unbranched alkanes of at least 4 members (excludes halogenated alkanes) is 1. The zero-order chi connectivity index (χ0) is 13.1. The minimum atomic E-state index is -0.182. The molecule has 0 atom stereocenters. The lowest BCUT2D eigenvalue weighted by atomic mass is 10.3. The van der Waals surface area contributed by atoms with Crippen molar-refractivity contribution < 1.29 is 4.39 Å². The monoisotopic (exact) mass is 380 g/mol. The summed E-state index contributed by atoms with van der Waals surface area (Å²) in [5, 5.41) is 0. The van der Waals surface area contributed by atoms with E-state index in [-0.39, 0.29) is 5.82 Å². The van der Waals surface area contributed by atoms with Gasteiger partial charge in [-0.05, 0) is 35.1 Å². The molecule has 0 aliphatic carbocycles. The van der Waals surface area contributed by atoms with Gasteiger partial charge in [0.05, 0.1) is 14.6 Å². The molecule has 2 rings (SSSR count). The van der Waals surface area contributed by atoms with Crippen molar-refractivity contribution in [2.45, 2.75) is 32.7 Å². The average Bonchev–Trinajstić information content (AvgIpc) is 2.65.